The monoisotopic (exact) mass is 456 g/mol. The summed E-state index contributed by atoms with van der Waals surface area (Å²) >= 11 is 3.06. The topological polar surface area (TPSA) is 17.8 Å². The molecule has 0 atom stereocenters. The number of alkyl halides is 3. The van der Waals surface area contributed by atoms with Crippen LogP contribution in [0.25, 0.3) is 0 Å². The van der Waals surface area contributed by atoms with Crippen molar-refractivity contribution >= 4 is 15.9 Å². The standard InChI is InChI=1S/C23H16BrF3N2/c24-20-16-29(28-21(20)23(25,26)27)22(17-10-4-1-5-11-17,18-12-6-2-7-13-18)19-14-8-3-9-15-19/h1-16H. The number of rotatable bonds is 4. The Morgan fingerprint density at radius 1 is 0.655 bits per heavy atom. The van der Waals surface area contributed by atoms with Crippen LogP contribution in [0.1, 0.15) is 22.4 Å². The fourth-order valence-corrected chi connectivity index (χ4v) is 4.15. The second-order valence-electron chi connectivity index (χ2n) is 6.58. The first-order chi connectivity index (χ1) is 13.9. The summed E-state index contributed by atoms with van der Waals surface area (Å²) in [5.41, 5.74) is 0.392. The Labute approximate surface area is 174 Å². The van der Waals surface area contributed by atoms with Crippen LogP contribution < -0.4 is 0 Å². The van der Waals surface area contributed by atoms with Gasteiger partial charge >= 0.3 is 6.18 Å². The van der Waals surface area contributed by atoms with Gasteiger partial charge in [0.25, 0.3) is 0 Å². The molecule has 4 rings (SSSR count). The molecular weight excluding hydrogens is 441 g/mol. The summed E-state index contributed by atoms with van der Waals surface area (Å²) in [5, 5.41) is 4.03. The zero-order valence-corrected chi connectivity index (χ0v) is 16.7. The highest BCUT2D eigenvalue weighted by Crippen LogP contribution is 2.43. The van der Waals surface area contributed by atoms with E-state index in [9.17, 15) is 13.2 Å². The lowest BCUT2D eigenvalue weighted by Crippen LogP contribution is -2.38. The summed E-state index contributed by atoms with van der Waals surface area (Å²) in [7, 11) is 0. The first-order valence-electron chi connectivity index (χ1n) is 8.93. The van der Waals surface area contributed by atoms with Crippen LogP contribution in [0.2, 0.25) is 0 Å². The lowest BCUT2D eigenvalue weighted by Gasteiger charge is -2.36. The van der Waals surface area contributed by atoms with Crippen molar-refractivity contribution in [2.45, 2.75) is 11.7 Å². The van der Waals surface area contributed by atoms with Gasteiger partial charge in [-0.3, -0.25) is 4.68 Å². The second-order valence-corrected chi connectivity index (χ2v) is 7.43. The van der Waals surface area contributed by atoms with Crippen molar-refractivity contribution in [3.8, 4) is 0 Å². The van der Waals surface area contributed by atoms with E-state index in [1.165, 1.54) is 10.9 Å². The molecule has 4 aromatic rings. The number of benzene rings is 3. The van der Waals surface area contributed by atoms with Crippen LogP contribution in [-0.4, -0.2) is 9.78 Å². The van der Waals surface area contributed by atoms with E-state index in [2.05, 4.69) is 21.0 Å². The largest absolute Gasteiger partial charge is 0.436 e. The maximum atomic E-state index is 13.6. The number of nitrogens with zero attached hydrogens (tertiary/aromatic N) is 2. The maximum absolute atomic E-state index is 13.6. The Bertz CT molecular complexity index is 995. The van der Waals surface area contributed by atoms with Crippen molar-refractivity contribution in [1.29, 1.82) is 0 Å². The highest BCUT2D eigenvalue weighted by atomic mass is 79.9. The van der Waals surface area contributed by atoms with Crippen LogP contribution >= 0.6 is 15.9 Å². The van der Waals surface area contributed by atoms with Gasteiger partial charge in [-0.1, -0.05) is 91.0 Å². The van der Waals surface area contributed by atoms with Crippen LogP contribution in [0, 0.1) is 0 Å². The molecule has 2 nitrogen and oxygen atoms in total. The Morgan fingerprint density at radius 3 is 1.34 bits per heavy atom. The van der Waals surface area contributed by atoms with Gasteiger partial charge < -0.3 is 0 Å². The zero-order valence-electron chi connectivity index (χ0n) is 15.1. The van der Waals surface area contributed by atoms with E-state index >= 15 is 0 Å². The van der Waals surface area contributed by atoms with Gasteiger partial charge in [0, 0.05) is 6.20 Å². The van der Waals surface area contributed by atoms with Gasteiger partial charge in [0.1, 0.15) is 5.54 Å². The normalized spacial score (nSPS) is 12.1. The van der Waals surface area contributed by atoms with Crippen molar-refractivity contribution in [2.75, 3.05) is 0 Å². The summed E-state index contributed by atoms with van der Waals surface area (Å²) < 4.78 is 42.0. The average molecular weight is 457 g/mol. The fraction of sp³-hybridized carbons (Fsp3) is 0.0870. The highest BCUT2D eigenvalue weighted by Gasteiger charge is 2.43. The first-order valence-corrected chi connectivity index (χ1v) is 9.73. The Balaban J connectivity index is 2.12. The molecule has 0 fully saturated rings. The Hall–Kier alpha value is -2.86. The molecular formula is C23H16BrF3N2. The second kappa shape index (κ2) is 7.52. The van der Waals surface area contributed by atoms with E-state index in [0.29, 0.717) is 0 Å². The molecule has 3 aromatic carbocycles. The third-order valence-electron chi connectivity index (χ3n) is 4.86. The molecule has 0 saturated carbocycles. The van der Waals surface area contributed by atoms with E-state index < -0.39 is 17.4 Å². The van der Waals surface area contributed by atoms with Crippen molar-refractivity contribution in [3.05, 3.63) is 124 Å². The number of aromatic nitrogens is 2. The summed E-state index contributed by atoms with van der Waals surface area (Å²) in [6.07, 6.45) is -3.17. The number of hydrogen-bond acceptors (Lipinski definition) is 1. The first kappa shape index (κ1) is 19.5. The lowest BCUT2D eigenvalue weighted by molar-refractivity contribution is -0.142. The Morgan fingerprint density at radius 2 is 1.03 bits per heavy atom. The van der Waals surface area contributed by atoms with Crippen molar-refractivity contribution < 1.29 is 13.2 Å². The smallest absolute Gasteiger partial charge is 0.251 e. The van der Waals surface area contributed by atoms with Gasteiger partial charge in [0.2, 0.25) is 0 Å². The molecule has 29 heavy (non-hydrogen) atoms. The van der Waals surface area contributed by atoms with E-state index in [1.807, 2.05) is 91.0 Å². The van der Waals surface area contributed by atoms with Crippen LogP contribution in [0.4, 0.5) is 13.2 Å². The number of halogens is 4. The van der Waals surface area contributed by atoms with Crippen LogP contribution in [-0.2, 0) is 11.7 Å². The quantitative estimate of drug-likeness (QED) is 0.320. The molecule has 0 aliphatic rings. The maximum Gasteiger partial charge on any atom is 0.436 e. The van der Waals surface area contributed by atoms with Gasteiger partial charge in [0.15, 0.2) is 5.69 Å². The van der Waals surface area contributed by atoms with Gasteiger partial charge in [-0.2, -0.15) is 18.3 Å². The molecule has 0 aliphatic heterocycles. The van der Waals surface area contributed by atoms with Gasteiger partial charge in [-0.05, 0) is 32.6 Å². The molecule has 0 amide bonds. The highest BCUT2D eigenvalue weighted by molar-refractivity contribution is 9.10. The molecule has 1 heterocycles. The van der Waals surface area contributed by atoms with Crippen molar-refractivity contribution in [1.82, 2.24) is 9.78 Å². The minimum absolute atomic E-state index is 0.0998. The van der Waals surface area contributed by atoms with Crippen molar-refractivity contribution in [2.24, 2.45) is 0 Å². The number of hydrogen-bond donors (Lipinski definition) is 0. The average Bonchev–Trinajstić information content (AvgIpc) is 3.13. The molecule has 0 bridgehead atoms. The van der Waals surface area contributed by atoms with E-state index in [1.54, 1.807) is 0 Å². The van der Waals surface area contributed by atoms with Crippen LogP contribution in [0.5, 0.6) is 0 Å². The van der Waals surface area contributed by atoms with E-state index in [0.717, 1.165) is 16.7 Å². The van der Waals surface area contributed by atoms with Gasteiger partial charge in [-0.15, -0.1) is 0 Å². The predicted molar refractivity (Wildman–Crippen MR) is 110 cm³/mol. The van der Waals surface area contributed by atoms with Crippen LogP contribution in [0.3, 0.4) is 0 Å². The van der Waals surface area contributed by atoms with Crippen molar-refractivity contribution in [3.63, 3.8) is 0 Å². The minimum Gasteiger partial charge on any atom is -0.251 e. The third-order valence-corrected chi connectivity index (χ3v) is 5.44. The van der Waals surface area contributed by atoms with Gasteiger partial charge in [-0.25, -0.2) is 0 Å². The molecule has 1 aromatic heterocycles. The predicted octanol–water partition coefficient (Wildman–Crippen LogP) is 6.50. The van der Waals surface area contributed by atoms with Gasteiger partial charge in [0.05, 0.1) is 4.47 Å². The molecule has 0 unspecified atom stereocenters. The summed E-state index contributed by atoms with van der Waals surface area (Å²) in [6, 6.07) is 28.3. The minimum atomic E-state index is -4.57. The Kier molecular flexibility index (Phi) is 5.04. The zero-order chi connectivity index (χ0) is 20.5. The third kappa shape index (κ3) is 3.38. The van der Waals surface area contributed by atoms with Crippen LogP contribution in [0.15, 0.2) is 102 Å². The fourth-order valence-electron chi connectivity index (χ4n) is 3.65. The summed E-state index contributed by atoms with van der Waals surface area (Å²) in [6.45, 7) is 0. The molecule has 0 radical (unpaired) electrons. The molecule has 0 aliphatic carbocycles. The van der Waals surface area contributed by atoms with E-state index in [-0.39, 0.29) is 4.47 Å². The molecule has 146 valence electrons. The summed E-state index contributed by atoms with van der Waals surface area (Å²) in [5.74, 6) is 0. The molecule has 0 spiro atoms. The van der Waals surface area contributed by atoms with E-state index in [4.69, 9.17) is 0 Å². The summed E-state index contributed by atoms with van der Waals surface area (Å²) in [4.78, 5) is 0. The lowest BCUT2D eigenvalue weighted by atomic mass is 9.77. The molecule has 6 heteroatoms. The molecule has 0 N–H and O–H groups in total. The molecule has 0 saturated heterocycles. The SMILES string of the molecule is FC(F)(F)c1nn(C(c2ccccc2)(c2ccccc2)c2ccccc2)cc1Br.